The fourth-order valence-electron chi connectivity index (χ4n) is 3.43. The summed E-state index contributed by atoms with van der Waals surface area (Å²) in [5.74, 6) is -0.0966. The molecular formula is C15H20BrFN2. The molecule has 0 bridgehead atoms. The summed E-state index contributed by atoms with van der Waals surface area (Å²) in [5, 5.41) is 3.43. The van der Waals surface area contributed by atoms with Crippen LogP contribution in [0.2, 0.25) is 0 Å². The van der Waals surface area contributed by atoms with Crippen molar-refractivity contribution in [3.05, 3.63) is 34.1 Å². The van der Waals surface area contributed by atoms with Gasteiger partial charge >= 0.3 is 0 Å². The van der Waals surface area contributed by atoms with E-state index < -0.39 is 0 Å². The normalized spacial score (nSPS) is 23.1. The van der Waals surface area contributed by atoms with Crippen molar-refractivity contribution in [2.75, 3.05) is 26.2 Å². The molecule has 1 aromatic rings. The molecule has 4 heteroatoms. The molecule has 0 aliphatic carbocycles. The van der Waals surface area contributed by atoms with Gasteiger partial charge in [-0.15, -0.1) is 0 Å². The van der Waals surface area contributed by atoms with Crippen LogP contribution in [0.1, 0.15) is 24.8 Å². The zero-order valence-corrected chi connectivity index (χ0v) is 12.7. The smallest absolute Gasteiger partial charge is 0.128 e. The molecule has 3 rings (SSSR count). The van der Waals surface area contributed by atoms with Crippen LogP contribution in [0.4, 0.5) is 4.39 Å². The molecule has 0 saturated carbocycles. The fraction of sp³-hybridized carbons (Fsp3) is 0.600. The van der Waals surface area contributed by atoms with E-state index >= 15 is 0 Å². The zero-order chi connectivity index (χ0) is 13.3. The lowest BCUT2D eigenvalue weighted by Gasteiger charge is -2.34. The quantitative estimate of drug-likeness (QED) is 0.898. The van der Waals surface area contributed by atoms with Crippen LogP contribution in [0.5, 0.6) is 0 Å². The Hall–Kier alpha value is -0.450. The number of hydrogen-bond donors (Lipinski definition) is 1. The molecule has 2 nitrogen and oxygen atoms in total. The van der Waals surface area contributed by atoms with Crippen LogP contribution in [-0.2, 0) is 6.54 Å². The number of hydrogen-bond acceptors (Lipinski definition) is 2. The highest BCUT2D eigenvalue weighted by Gasteiger charge is 2.38. The number of benzene rings is 1. The van der Waals surface area contributed by atoms with Gasteiger partial charge in [-0.25, -0.2) is 4.39 Å². The van der Waals surface area contributed by atoms with Crippen LogP contribution in [0.25, 0.3) is 0 Å². The number of nitrogens with one attached hydrogen (secondary N) is 1. The van der Waals surface area contributed by atoms with Gasteiger partial charge in [0.05, 0.1) is 0 Å². The molecule has 2 fully saturated rings. The third-order valence-corrected chi connectivity index (χ3v) is 5.37. The summed E-state index contributed by atoms with van der Waals surface area (Å²) in [5.41, 5.74) is 1.29. The average molecular weight is 327 g/mol. The maximum atomic E-state index is 13.9. The van der Waals surface area contributed by atoms with E-state index in [0.717, 1.165) is 42.8 Å². The molecule has 104 valence electrons. The predicted octanol–water partition coefficient (Wildman–Crippen LogP) is 3.16. The van der Waals surface area contributed by atoms with Gasteiger partial charge in [-0.2, -0.15) is 0 Å². The van der Waals surface area contributed by atoms with Crippen molar-refractivity contribution < 1.29 is 4.39 Å². The second-order valence-electron chi connectivity index (χ2n) is 5.91. The Labute approximate surface area is 122 Å². The summed E-state index contributed by atoms with van der Waals surface area (Å²) < 4.78 is 14.8. The summed E-state index contributed by atoms with van der Waals surface area (Å²) in [6.07, 6.45) is 3.80. The zero-order valence-electron chi connectivity index (χ0n) is 11.1. The molecule has 1 N–H and O–H groups in total. The first kappa shape index (κ1) is 13.5. The maximum absolute atomic E-state index is 13.9. The van der Waals surface area contributed by atoms with Crippen LogP contribution >= 0.6 is 15.9 Å². The van der Waals surface area contributed by atoms with Gasteiger partial charge in [0.15, 0.2) is 0 Å². The largest absolute Gasteiger partial charge is 0.317 e. The Morgan fingerprint density at radius 2 is 2.05 bits per heavy atom. The van der Waals surface area contributed by atoms with Crippen molar-refractivity contribution in [2.45, 2.75) is 25.8 Å². The SMILES string of the molecule is Fc1cccc(Br)c1CN1CCC2(CCNCC2)C1. The van der Waals surface area contributed by atoms with Crippen molar-refractivity contribution in [3.8, 4) is 0 Å². The van der Waals surface area contributed by atoms with Gasteiger partial charge in [-0.1, -0.05) is 22.0 Å². The van der Waals surface area contributed by atoms with E-state index in [1.54, 1.807) is 12.1 Å². The van der Waals surface area contributed by atoms with Crippen molar-refractivity contribution in [1.82, 2.24) is 10.2 Å². The summed E-state index contributed by atoms with van der Waals surface area (Å²) in [6.45, 7) is 5.22. The van der Waals surface area contributed by atoms with Crippen LogP contribution in [0.3, 0.4) is 0 Å². The Balaban J connectivity index is 1.69. The minimum absolute atomic E-state index is 0.0966. The number of nitrogens with zero attached hydrogens (tertiary/aromatic N) is 1. The van der Waals surface area contributed by atoms with Crippen LogP contribution in [0.15, 0.2) is 22.7 Å². The van der Waals surface area contributed by atoms with Crippen molar-refractivity contribution >= 4 is 15.9 Å². The van der Waals surface area contributed by atoms with Gasteiger partial charge in [-0.3, -0.25) is 4.90 Å². The van der Waals surface area contributed by atoms with Crippen LogP contribution < -0.4 is 5.32 Å². The highest BCUT2D eigenvalue weighted by atomic mass is 79.9. The third kappa shape index (κ3) is 2.86. The van der Waals surface area contributed by atoms with Gasteiger partial charge in [0.1, 0.15) is 5.82 Å². The highest BCUT2D eigenvalue weighted by molar-refractivity contribution is 9.10. The van der Waals surface area contributed by atoms with Gasteiger partial charge < -0.3 is 5.32 Å². The molecule has 0 unspecified atom stereocenters. The van der Waals surface area contributed by atoms with Crippen molar-refractivity contribution in [3.63, 3.8) is 0 Å². The molecule has 1 spiro atoms. The first-order valence-corrected chi connectivity index (χ1v) is 7.84. The van der Waals surface area contributed by atoms with E-state index in [9.17, 15) is 4.39 Å². The van der Waals surface area contributed by atoms with E-state index in [1.807, 2.05) is 6.07 Å². The topological polar surface area (TPSA) is 15.3 Å². The van der Waals surface area contributed by atoms with Gasteiger partial charge in [-0.05, 0) is 56.4 Å². The third-order valence-electron chi connectivity index (χ3n) is 4.63. The molecule has 2 aliphatic rings. The minimum atomic E-state index is -0.0966. The number of halogens is 2. The van der Waals surface area contributed by atoms with Crippen molar-refractivity contribution in [1.29, 1.82) is 0 Å². The summed E-state index contributed by atoms with van der Waals surface area (Å²) in [6, 6.07) is 5.23. The molecule has 2 saturated heterocycles. The number of likely N-dealkylation sites (tertiary alicyclic amines) is 1. The summed E-state index contributed by atoms with van der Waals surface area (Å²) in [7, 11) is 0. The predicted molar refractivity (Wildman–Crippen MR) is 78.5 cm³/mol. The second-order valence-corrected chi connectivity index (χ2v) is 6.77. The van der Waals surface area contributed by atoms with E-state index in [0.29, 0.717) is 5.41 Å². The molecule has 0 amide bonds. The second kappa shape index (κ2) is 5.51. The van der Waals surface area contributed by atoms with Crippen molar-refractivity contribution in [2.24, 2.45) is 5.41 Å². The van der Waals surface area contributed by atoms with E-state index in [4.69, 9.17) is 0 Å². The van der Waals surface area contributed by atoms with E-state index in [-0.39, 0.29) is 5.82 Å². The van der Waals surface area contributed by atoms with Gasteiger partial charge in [0, 0.05) is 23.1 Å². The monoisotopic (exact) mass is 326 g/mol. The fourth-order valence-corrected chi connectivity index (χ4v) is 3.90. The summed E-state index contributed by atoms with van der Waals surface area (Å²) >= 11 is 3.47. The molecule has 0 radical (unpaired) electrons. The first-order valence-electron chi connectivity index (χ1n) is 7.05. The Bertz CT molecular complexity index is 437. The molecule has 0 atom stereocenters. The molecular weight excluding hydrogens is 307 g/mol. The lowest BCUT2D eigenvalue weighted by Crippen LogP contribution is -2.38. The average Bonchev–Trinajstić information content (AvgIpc) is 2.78. The molecule has 1 aromatic carbocycles. The molecule has 0 aromatic heterocycles. The lowest BCUT2D eigenvalue weighted by molar-refractivity contribution is 0.193. The molecule has 19 heavy (non-hydrogen) atoms. The molecule has 2 aliphatic heterocycles. The highest BCUT2D eigenvalue weighted by Crippen LogP contribution is 2.39. The number of piperidine rings is 1. The van der Waals surface area contributed by atoms with Gasteiger partial charge in [0.25, 0.3) is 0 Å². The molecule has 2 heterocycles. The maximum Gasteiger partial charge on any atom is 0.128 e. The summed E-state index contributed by atoms with van der Waals surface area (Å²) in [4.78, 5) is 2.41. The minimum Gasteiger partial charge on any atom is -0.317 e. The number of rotatable bonds is 2. The standard InChI is InChI=1S/C15H20BrFN2/c16-13-2-1-3-14(17)12(13)10-19-9-6-15(11-19)4-7-18-8-5-15/h1-3,18H,4-11H2. The van der Waals surface area contributed by atoms with Crippen LogP contribution in [-0.4, -0.2) is 31.1 Å². The first-order chi connectivity index (χ1) is 9.19. The Morgan fingerprint density at radius 3 is 2.79 bits per heavy atom. The Morgan fingerprint density at radius 1 is 1.26 bits per heavy atom. The van der Waals surface area contributed by atoms with E-state index in [1.165, 1.54) is 19.3 Å². The Kier molecular flexibility index (Phi) is 3.92. The van der Waals surface area contributed by atoms with Gasteiger partial charge in [0.2, 0.25) is 0 Å². The lowest BCUT2D eigenvalue weighted by atomic mass is 9.78. The van der Waals surface area contributed by atoms with E-state index in [2.05, 4.69) is 26.1 Å². The van der Waals surface area contributed by atoms with Crippen LogP contribution in [0, 0.1) is 11.2 Å².